The van der Waals surface area contributed by atoms with Gasteiger partial charge >= 0.3 is 0 Å². The summed E-state index contributed by atoms with van der Waals surface area (Å²) in [7, 11) is 1.89. The van der Waals surface area contributed by atoms with E-state index >= 15 is 0 Å². The van der Waals surface area contributed by atoms with Gasteiger partial charge in [0.15, 0.2) is 5.75 Å². The van der Waals surface area contributed by atoms with E-state index in [1.54, 1.807) is 6.07 Å². The molecule has 0 aliphatic carbocycles. The Morgan fingerprint density at radius 1 is 1.12 bits per heavy atom. The fourth-order valence-corrected chi connectivity index (χ4v) is 2.34. The summed E-state index contributed by atoms with van der Waals surface area (Å²) in [5.41, 5.74) is 2.07. The van der Waals surface area contributed by atoms with Gasteiger partial charge < -0.3 is 9.67 Å². The van der Waals surface area contributed by atoms with Gasteiger partial charge in [-0.25, -0.2) is 0 Å². The van der Waals surface area contributed by atoms with E-state index in [4.69, 9.17) is 5.26 Å². The second-order valence-electron chi connectivity index (χ2n) is 4.05. The number of nitriles is 1. The van der Waals surface area contributed by atoms with E-state index in [1.165, 1.54) is 0 Å². The summed E-state index contributed by atoms with van der Waals surface area (Å²) < 4.78 is 1.92. The fraction of sp³-hybridized carbons (Fsp3) is 0.0714. The van der Waals surface area contributed by atoms with E-state index in [-0.39, 0.29) is 5.75 Å². The van der Waals surface area contributed by atoms with Crippen molar-refractivity contribution < 1.29 is 5.11 Å². The maximum atomic E-state index is 10.1. The van der Waals surface area contributed by atoms with Crippen LogP contribution in [0.2, 0.25) is 0 Å². The zero-order chi connectivity index (χ0) is 12.0. The minimum Gasteiger partial charge on any atom is -0.504 e. The van der Waals surface area contributed by atoms with Gasteiger partial charge in [-0.1, -0.05) is 24.3 Å². The van der Waals surface area contributed by atoms with Crippen molar-refractivity contribution >= 4 is 21.8 Å². The van der Waals surface area contributed by atoms with Gasteiger partial charge in [-0.2, -0.15) is 5.26 Å². The number of fused-ring (bicyclic) bond motifs is 3. The third-order valence-electron chi connectivity index (χ3n) is 3.16. The van der Waals surface area contributed by atoms with E-state index in [1.807, 2.05) is 48.0 Å². The van der Waals surface area contributed by atoms with E-state index in [2.05, 4.69) is 0 Å². The largest absolute Gasteiger partial charge is 0.504 e. The van der Waals surface area contributed by atoms with Gasteiger partial charge in [-0.3, -0.25) is 0 Å². The lowest BCUT2D eigenvalue weighted by atomic mass is 10.1. The first-order valence-electron chi connectivity index (χ1n) is 5.33. The molecule has 0 unspecified atom stereocenters. The van der Waals surface area contributed by atoms with E-state index in [0.717, 1.165) is 16.3 Å². The topological polar surface area (TPSA) is 49.0 Å². The molecule has 3 aromatic rings. The van der Waals surface area contributed by atoms with Crippen LogP contribution in [0.25, 0.3) is 21.8 Å². The SMILES string of the molecule is Cn1c2ccccc2c2ccc(C#N)c(O)c21. The van der Waals surface area contributed by atoms with Crippen LogP contribution in [0.15, 0.2) is 36.4 Å². The second-order valence-corrected chi connectivity index (χ2v) is 4.05. The Labute approximate surface area is 98.1 Å². The molecule has 0 saturated heterocycles. The molecular formula is C14H10N2O. The number of phenols is 1. The van der Waals surface area contributed by atoms with Gasteiger partial charge in [-0.05, 0) is 12.1 Å². The highest BCUT2D eigenvalue weighted by molar-refractivity contribution is 6.10. The molecule has 1 heterocycles. The van der Waals surface area contributed by atoms with Gasteiger partial charge in [0.25, 0.3) is 0 Å². The van der Waals surface area contributed by atoms with Crippen LogP contribution >= 0.6 is 0 Å². The summed E-state index contributed by atoms with van der Waals surface area (Å²) in [6.07, 6.45) is 0. The molecule has 82 valence electrons. The fourth-order valence-electron chi connectivity index (χ4n) is 2.34. The predicted octanol–water partition coefficient (Wildman–Crippen LogP) is 2.91. The van der Waals surface area contributed by atoms with Crippen LogP contribution in [0.1, 0.15) is 5.56 Å². The molecule has 0 bridgehead atoms. The lowest BCUT2D eigenvalue weighted by Gasteiger charge is -2.01. The number of aromatic hydroxyl groups is 1. The summed E-state index contributed by atoms with van der Waals surface area (Å²) in [4.78, 5) is 0. The highest BCUT2D eigenvalue weighted by Crippen LogP contribution is 2.35. The summed E-state index contributed by atoms with van der Waals surface area (Å²) in [5, 5.41) is 21.1. The first kappa shape index (κ1) is 9.73. The molecule has 3 nitrogen and oxygen atoms in total. The standard InChI is InChI=1S/C14H10N2O/c1-16-12-5-3-2-4-10(12)11-7-6-9(8-15)14(17)13(11)16/h2-7,17H,1H3. The molecule has 1 aromatic heterocycles. The Morgan fingerprint density at radius 3 is 2.65 bits per heavy atom. The lowest BCUT2D eigenvalue weighted by Crippen LogP contribution is -1.88. The third kappa shape index (κ3) is 1.15. The van der Waals surface area contributed by atoms with Crippen LogP contribution in [-0.4, -0.2) is 9.67 Å². The van der Waals surface area contributed by atoms with Crippen molar-refractivity contribution in [1.29, 1.82) is 5.26 Å². The minimum absolute atomic E-state index is 0.0590. The number of aromatic nitrogens is 1. The molecule has 0 aliphatic rings. The zero-order valence-corrected chi connectivity index (χ0v) is 9.31. The van der Waals surface area contributed by atoms with Crippen molar-refractivity contribution in [3.8, 4) is 11.8 Å². The average Bonchev–Trinajstić information content (AvgIpc) is 2.65. The predicted molar refractivity (Wildman–Crippen MR) is 66.8 cm³/mol. The first-order chi connectivity index (χ1) is 8.24. The first-order valence-corrected chi connectivity index (χ1v) is 5.33. The molecule has 1 N–H and O–H groups in total. The molecule has 0 saturated carbocycles. The van der Waals surface area contributed by atoms with Crippen molar-refractivity contribution in [1.82, 2.24) is 4.57 Å². The molecule has 0 radical (unpaired) electrons. The molecule has 17 heavy (non-hydrogen) atoms. The molecule has 2 aromatic carbocycles. The highest BCUT2D eigenvalue weighted by Gasteiger charge is 2.13. The summed E-state index contributed by atoms with van der Waals surface area (Å²) in [6, 6.07) is 13.5. The highest BCUT2D eigenvalue weighted by atomic mass is 16.3. The Balaban J connectivity index is 2.63. The van der Waals surface area contributed by atoms with Gasteiger partial charge in [0.1, 0.15) is 6.07 Å². The Morgan fingerprint density at radius 2 is 1.88 bits per heavy atom. The number of aryl methyl sites for hydroxylation is 1. The van der Waals surface area contributed by atoms with Crippen molar-refractivity contribution in [2.24, 2.45) is 7.05 Å². The van der Waals surface area contributed by atoms with Gasteiger partial charge in [0, 0.05) is 23.3 Å². The van der Waals surface area contributed by atoms with Crippen LogP contribution in [0.4, 0.5) is 0 Å². The number of para-hydroxylation sites is 1. The quantitative estimate of drug-likeness (QED) is 0.635. The van der Waals surface area contributed by atoms with Crippen LogP contribution in [0, 0.1) is 11.3 Å². The summed E-state index contributed by atoms with van der Waals surface area (Å²) >= 11 is 0. The van der Waals surface area contributed by atoms with Crippen LogP contribution in [0.5, 0.6) is 5.75 Å². The summed E-state index contributed by atoms with van der Waals surface area (Å²) in [6.45, 7) is 0. The Bertz CT molecular complexity index is 778. The molecule has 0 amide bonds. The van der Waals surface area contributed by atoms with Gasteiger partial charge in [0.2, 0.25) is 0 Å². The van der Waals surface area contributed by atoms with Crippen LogP contribution in [0.3, 0.4) is 0 Å². The minimum atomic E-state index is 0.0590. The maximum Gasteiger partial charge on any atom is 0.157 e. The Kier molecular flexibility index (Phi) is 1.87. The van der Waals surface area contributed by atoms with Crippen molar-refractivity contribution in [3.63, 3.8) is 0 Å². The molecule has 0 aliphatic heterocycles. The van der Waals surface area contributed by atoms with Crippen LogP contribution in [-0.2, 0) is 7.05 Å². The van der Waals surface area contributed by atoms with Gasteiger partial charge in [0.05, 0.1) is 11.1 Å². The smallest absolute Gasteiger partial charge is 0.157 e. The van der Waals surface area contributed by atoms with Crippen molar-refractivity contribution in [2.75, 3.05) is 0 Å². The van der Waals surface area contributed by atoms with Gasteiger partial charge in [-0.15, -0.1) is 0 Å². The zero-order valence-electron chi connectivity index (χ0n) is 9.31. The van der Waals surface area contributed by atoms with E-state index in [9.17, 15) is 5.11 Å². The number of hydrogen-bond acceptors (Lipinski definition) is 2. The second kappa shape index (κ2) is 3.26. The van der Waals surface area contributed by atoms with E-state index < -0.39 is 0 Å². The van der Waals surface area contributed by atoms with Crippen LogP contribution < -0.4 is 0 Å². The number of nitrogens with zero attached hydrogens (tertiary/aromatic N) is 2. The number of rotatable bonds is 0. The number of benzene rings is 2. The van der Waals surface area contributed by atoms with E-state index in [0.29, 0.717) is 11.1 Å². The Hall–Kier alpha value is -2.47. The molecule has 0 spiro atoms. The monoisotopic (exact) mass is 222 g/mol. The van der Waals surface area contributed by atoms with Crippen molar-refractivity contribution in [3.05, 3.63) is 42.0 Å². The molecular weight excluding hydrogens is 212 g/mol. The molecule has 0 fully saturated rings. The lowest BCUT2D eigenvalue weighted by molar-refractivity contribution is 0.477. The number of phenolic OH excluding ortho intramolecular Hbond substituents is 1. The summed E-state index contributed by atoms with van der Waals surface area (Å²) in [5.74, 6) is 0.0590. The maximum absolute atomic E-state index is 10.1. The van der Waals surface area contributed by atoms with Crippen molar-refractivity contribution in [2.45, 2.75) is 0 Å². The number of hydrogen-bond donors (Lipinski definition) is 1. The molecule has 3 rings (SSSR count). The third-order valence-corrected chi connectivity index (χ3v) is 3.16. The average molecular weight is 222 g/mol. The molecule has 3 heteroatoms. The molecule has 0 atom stereocenters. The normalized spacial score (nSPS) is 10.8.